The van der Waals surface area contributed by atoms with E-state index in [9.17, 15) is 0 Å². The van der Waals surface area contributed by atoms with Crippen molar-refractivity contribution < 1.29 is 4.74 Å². The third kappa shape index (κ3) is 6.69. The fraction of sp³-hybridized carbons (Fsp3) is 0.621. The number of nitrogens with one attached hydrogen (secondary N) is 2. The molecule has 5 rings (SSSR count). The lowest BCUT2D eigenvalue weighted by Gasteiger charge is -2.38. The van der Waals surface area contributed by atoms with Gasteiger partial charge in [-0.2, -0.15) is 9.97 Å². The molecule has 0 aliphatic carbocycles. The lowest BCUT2D eigenvalue weighted by molar-refractivity contribution is 0.0515. The molecule has 0 bridgehead atoms. The molecule has 4 heterocycles. The Morgan fingerprint density at radius 1 is 1.03 bits per heavy atom. The summed E-state index contributed by atoms with van der Waals surface area (Å²) in [6.45, 7) is 10.9. The van der Waals surface area contributed by atoms with E-state index in [0.717, 1.165) is 68.9 Å². The zero-order valence-electron chi connectivity index (χ0n) is 22.7. The molecule has 3 saturated heterocycles. The molecule has 3 aliphatic rings. The number of hydrogen-bond donors (Lipinski definition) is 2. The second-order valence-corrected chi connectivity index (χ2v) is 12.4. The average Bonchev–Trinajstić information content (AvgIpc) is 2.92. The van der Waals surface area contributed by atoms with E-state index in [1.54, 1.807) is 0 Å². The summed E-state index contributed by atoms with van der Waals surface area (Å²) >= 11 is 12.1. The Kier molecular flexibility index (Phi) is 8.91. The third-order valence-corrected chi connectivity index (χ3v) is 8.75. The number of thiocarbonyl (C=S) groups is 1. The van der Waals surface area contributed by atoms with Crippen LogP contribution in [-0.2, 0) is 10.2 Å². The van der Waals surface area contributed by atoms with E-state index in [2.05, 4.69) is 52.5 Å². The van der Waals surface area contributed by atoms with Gasteiger partial charge in [0, 0.05) is 62.4 Å². The summed E-state index contributed by atoms with van der Waals surface area (Å²) in [5.74, 6) is 3.84. The largest absolute Gasteiger partial charge is 0.381 e. The van der Waals surface area contributed by atoms with E-state index in [0.29, 0.717) is 29.4 Å². The minimum atomic E-state index is -0.0867. The van der Waals surface area contributed by atoms with Crippen molar-refractivity contribution in [3.8, 4) is 0 Å². The van der Waals surface area contributed by atoms with E-state index < -0.39 is 0 Å². The summed E-state index contributed by atoms with van der Waals surface area (Å²) < 4.78 is 5.70. The van der Waals surface area contributed by atoms with E-state index >= 15 is 0 Å². The average molecular weight is 557 g/mol. The van der Waals surface area contributed by atoms with Crippen molar-refractivity contribution in [2.24, 2.45) is 11.8 Å². The lowest BCUT2D eigenvalue weighted by Crippen LogP contribution is -2.45. The van der Waals surface area contributed by atoms with Gasteiger partial charge in [-0.05, 0) is 80.3 Å². The van der Waals surface area contributed by atoms with Gasteiger partial charge >= 0.3 is 0 Å². The zero-order chi connectivity index (χ0) is 26.5. The fourth-order valence-electron chi connectivity index (χ4n) is 6.32. The number of anilines is 3. The van der Waals surface area contributed by atoms with Crippen LogP contribution in [0.4, 0.5) is 17.6 Å². The molecule has 2 unspecified atom stereocenters. The molecule has 3 fully saturated rings. The second kappa shape index (κ2) is 12.3. The van der Waals surface area contributed by atoms with Gasteiger partial charge in [0.25, 0.3) is 0 Å². The van der Waals surface area contributed by atoms with E-state index in [4.69, 9.17) is 38.5 Å². The Labute approximate surface area is 237 Å². The van der Waals surface area contributed by atoms with Crippen molar-refractivity contribution in [3.05, 3.63) is 40.9 Å². The summed E-state index contributed by atoms with van der Waals surface area (Å²) in [5.41, 5.74) is 1.14. The Hall–Kier alpha value is -2.16. The van der Waals surface area contributed by atoms with Crippen molar-refractivity contribution in [1.82, 2.24) is 15.3 Å². The number of ether oxygens (including phenoxy) is 1. The maximum atomic E-state index is 6.36. The predicted octanol–water partition coefficient (Wildman–Crippen LogP) is 5.64. The monoisotopic (exact) mass is 556 g/mol. The quantitative estimate of drug-likeness (QED) is 0.443. The van der Waals surface area contributed by atoms with E-state index in [-0.39, 0.29) is 5.41 Å². The van der Waals surface area contributed by atoms with Crippen molar-refractivity contribution in [2.75, 3.05) is 61.1 Å². The van der Waals surface area contributed by atoms with Crippen LogP contribution in [0.25, 0.3) is 0 Å². The summed E-state index contributed by atoms with van der Waals surface area (Å²) in [6, 6.07) is 10.4. The van der Waals surface area contributed by atoms with Gasteiger partial charge in [0.1, 0.15) is 11.6 Å². The Bertz CT molecular complexity index is 1090. The van der Waals surface area contributed by atoms with Gasteiger partial charge in [0.2, 0.25) is 5.95 Å². The SMILES string of the molecule is CC1CC(C)CN(c2cc(N3CCCCC3)nc(NC(=S)NCC3(c4cccc(Cl)c4)CCOCC3)n2)C1. The summed E-state index contributed by atoms with van der Waals surface area (Å²) in [4.78, 5) is 14.7. The molecule has 0 radical (unpaired) electrons. The molecule has 3 aliphatic heterocycles. The van der Waals surface area contributed by atoms with Crippen LogP contribution in [0.5, 0.6) is 0 Å². The van der Waals surface area contributed by atoms with Gasteiger partial charge in [0.05, 0.1) is 0 Å². The molecule has 1 aromatic carbocycles. The Morgan fingerprint density at radius 2 is 1.71 bits per heavy atom. The van der Waals surface area contributed by atoms with Crippen LogP contribution in [0, 0.1) is 11.8 Å². The Balaban J connectivity index is 1.33. The number of aromatic nitrogens is 2. The van der Waals surface area contributed by atoms with Gasteiger partial charge in [-0.3, -0.25) is 0 Å². The van der Waals surface area contributed by atoms with E-state index in [1.807, 2.05) is 12.1 Å². The summed E-state index contributed by atoms with van der Waals surface area (Å²) in [6.07, 6.45) is 6.79. The highest BCUT2D eigenvalue weighted by Crippen LogP contribution is 2.35. The first-order valence-corrected chi connectivity index (χ1v) is 15.0. The molecule has 0 saturated carbocycles. The number of rotatable bonds is 6. The van der Waals surface area contributed by atoms with Crippen molar-refractivity contribution >= 4 is 46.5 Å². The smallest absolute Gasteiger partial charge is 0.232 e. The van der Waals surface area contributed by atoms with Gasteiger partial charge in [-0.25, -0.2) is 0 Å². The first-order valence-electron chi connectivity index (χ1n) is 14.2. The van der Waals surface area contributed by atoms with Crippen LogP contribution in [0.1, 0.15) is 57.9 Å². The standard InChI is InChI=1S/C29H41ClN6OS/c1-21-15-22(2)19-36(18-21)26-17-25(35-11-4-3-5-12-35)32-27(33-26)34-28(38)31-20-29(9-13-37-14-10-29)23-7-6-8-24(30)16-23/h6-8,16-17,21-22H,3-5,9-15,18-20H2,1-2H3,(H2,31,32,33,34,38). The number of halogens is 1. The molecule has 1 aromatic heterocycles. The van der Waals surface area contributed by atoms with Crippen LogP contribution >= 0.6 is 23.8 Å². The number of hydrogen-bond acceptors (Lipinski definition) is 6. The molecule has 2 atom stereocenters. The molecule has 0 spiro atoms. The molecule has 0 amide bonds. The number of nitrogens with zero attached hydrogens (tertiary/aromatic N) is 4. The topological polar surface area (TPSA) is 65.5 Å². The van der Waals surface area contributed by atoms with Crippen LogP contribution in [0.3, 0.4) is 0 Å². The highest BCUT2D eigenvalue weighted by Gasteiger charge is 2.35. The first-order chi connectivity index (χ1) is 18.4. The molecule has 38 heavy (non-hydrogen) atoms. The zero-order valence-corrected chi connectivity index (χ0v) is 24.3. The summed E-state index contributed by atoms with van der Waals surface area (Å²) in [7, 11) is 0. The highest BCUT2D eigenvalue weighted by molar-refractivity contribution is 7.80. The van der Waals surface area contributed by atoms with Crippen LogP contribution < -0.4 is 20.4 Å². The van der Waals surface area contributed by atoms with Gasteiger partial charge < -0.3 is 25.2 Å². The Morgan fingerprint density at radius 3 is 2.39 bits per heavy atom. The van der Waals surface area contributed by atoms with Crippen molar-refractivity contribution in [1.29, 1.82) is 0 Å². The second-order valence-electron chi connectivity index (χ2n) is 11.5. The normalized spacial score (nSPS) is 23.7. The van der Waals surface area contributed by atoms with Gasteiger partial charge in [-0.1, -0.05) is 37.6 Å². The van der Waals surface area contributed by atoms with Crippen molar-refractivity contribution in [2.45, 2.75) is 57.8 Å². The van der Waals surface area contributed by atoms with Gasteiger partial charge in [-0.15, -0.1) is 0 Å². The predicted molar refractivity (Wildman–Crippen MR) is 161 cm³/mol. The minimum absolute atomic E-state index is 0.0867. The molecule has 9 heteroatoms. The molecule has 2 aromatic rings. The van der Waals surface area contributed by atoms with Crippen LogP contribution in [-0.4, -0.2) is 61.0 Å². The molecule has 206 valence electrons. The van der Waals surface area contributed by atoms with Crippen LogP contribution in [0.2, 0.25) is 5.02 Å². The molecule has 2 N–H and O–H groups in total. The number of benzene rings is 1. The molecular weight excluding hydrogens is 516 g/mol. The van der Waals surface area contributed by atoms with Crippen LogP contribution in [0.15, 0.2) is 30.3 Å². The first kappa shape index (κ1) is 27.4. The third-order valence-electron chi connectivity index (χ3n) is 8.27. The highest BCUT2D eigenvalue weighted by atomic mass is 35.5. The maximum absolute atomic E-state index is 6.36. The number of piperidine rings is 2. The molecular formula is C29H41ClN6OS. The summed E-state index contributed by atoms with van der Waals surface area (Å²) in [5, 5.41) is 8.11. The lowest BCUT2D eigenvalue weighted by atomic mass is 9.74. The van der Waals surface area contributed by atoms with Crippen molar-refractivity contribution in [3.63, 3.8) is 0 Å². The van der Waals surface area contributed by atoms with E-state index in [1.165, 1.54) is 31.2 Å². The minimum Gasteiger partial charge on any atom is -0.381 e. The van der Waals surface area contributed by atoms with Gasteiger partial charge in [0.15, 0.2) is 5.11 Å². The molecule has 7 nitrogen and oxygen atoms in total. The maximum Gasteiger partial charge on any atom is 0.232 e. The fourth-order valence-corrected chi connectivity index (χ4v) is 6.67.